The lowest BCUT2D eigenvalue weighted by Gasteiger charge is -2.27. The van der Waals surface area contributed by atoms with Crippen LogP contribution in [-0.2, 0) is 13.1 Å². The number of rotatable bonds is 8. The van der Waals surface area contributed by atoms with Gasteiger partial charge in [-0.2, -0.15) is 0 Å². The van der Waals surface area contributed by atoms with Crippen LogP contribution in [0.3, 0.4) is 0 Å². The van der Waals surface area contributed by atoms with E-state index in [0.29, 0.717) is 18.5 Å². The number of aliphatic imine (C=N–C) groups is 1. The Bertz CT molecular complexity index is 538. The summed E-state index contributed by atoms with van der Waals surface area (Å²) in [6.45, 7) is 18.0. The highest BCUT2D eigenvalue weighted by molar-refractivity contribution is 14.0. The molecule has 1 atom stereocenters. The van der Waals surface area contributed by atoms with Crippen LogP contribution >= 0.6 is 24.0 Å². The molecule has 1 aromatic rings. The molecule has 0 saturated carbocycles. The SMILES string of the molecule is CCNC(=NCc1nccn1CC(C)C)N1CCC(N(CC)CC)C1.I. The highest BCUT2D eigenvalue weighted by Gasteiger charge is 2.28. The van der Waals surface area contributed by atoms with Gasteiger partial charge in [-0.3, -0.25) is 4.90 Å². The molecular formula is C19H37IN6. The van der Waals surface area contributed by atoms with Crippen LogP contribution in [-0.4, -0.2) is 64.1 Å². The monoisotopic (exact) mass is 476 g/mol. The highest BCUT2D eigenvalue weighted by atomic mass is 127. The van der Waals surface area contributed by atoms with Crippen LogP contribution in [0.15, 0.2) is 17.4 Å². The van der Waals surface area contributed by atoms with E-state index in [4.69, 9.17) is 4.99 Å². The second kappa shape index (κ2) is 11.8. The van der Waals surface area contributed by atoms with Gasteiger partial charge in [-0.15, -0.1) is 24.0 Å². The van der Waals surface area contributed by atoms with Crippen LogP contribution in [0.5, 0.6) is 0 Å². The second-order valence-corrected chi connectivity index (χ2v) is 7.17. The maximum Gasteiger partial charge on any atom is 0.194 e. The standard InChI is InChI=1S/C19H36N6.HI/c1-6-20-19(25-11-9-17(15-25)23(7-2)8-3)22-13-18-21-10-12-24(18)14-16(4)5;/h10,12,16-17H,6-9,11,13-15H2,1-5H3,(H,20,22);1H. The van der Waals surface area contributed by atoms with E-state index in [9.17, 15) is 0 Å². The quantitative estimate of drug-likeness (QED) is 0.356. The van der Waals surface area contributed by atoms with Crippen molar-refractivity contribution in [1.82, 2.24) is 24.7 Å². The first-order valence-electron chi connectivity index (χ1n) is 9.86. The molecule has 0 aromatic carbocycles. The van der Waals surface area contributed by atoms with Gasteiger partial charge in [-0.1, -0.05) is 27.7 Å². The molecule has 26 heavy (non-hydrogen) atoms. The maximum absolute atomic E-state index is 4.88. The third-order valence-corrected chi connectivity index (χ3v) is 4.86. The highest BCUT2D eigenvalue weighted by Crippen LogP contribution is 2.16. The number of halogens is 1. The summed E-state index contributed by atoms with van der Waals surface area (Å²) in [6, 6.07) is 0.641. The number of hydrogen-bond acceptors (Lipinski definition) is 3. The van der Waals surface area contributed by atoms with E-state index in [2.05, 4.69) is 65.5 Å². The number of hydrogen-bond donors (Lipinski definition) is 1. The van der Waals surface area contributed by atoms with E-state index in [-0.39, 0.29) is 24.0 Å². The van der Waals surface area contributed by atoms with E-state index >= 15 is 0 Å². The molecule has 1 aromatic heterocycles. The van der Waals surface area contributed by atoms with E-state index in [1.165, 1.54) is 6.42 Å². The van der Waals surface area contributed by atoms with Crippen LogP contribution in [0.4, 0.5) is 0 Å². The van der Waals surface area contributed by atoms with E-state index in [0.717, 1.165) is 51.1 Å². The fourth-order valence-electron chi connectivity index (χ4n) is 3.59. The zero-order chi connectivity index (χ0) is 18.2. The average molecular weight is 476 g/mol. The fraction of sp³-hybridized carbons (Fsp3) is 0.789. The molecule has 0 radical (unpaired) electrons. The Balaban J connectivity index is 0.00000338. The molecule has 7 heteroatoms. The van der Waals surface area contributed by atoms with Gasteiger partial charge in [0.25, 0.3) is 0 Å². The van der Waals surface area contributed by atoms with Gasteiger partial charge in [-0.05, 0) is 32.4 Å². The topological polar surface area (TPSA) is 48.7 Å². The van der Waals surface area contributed by atoms with Gasteiger partial charge >= 0.3 is 0 Å². The van der Waals surface area contributed by atoms with Crippen LogP contribution in [0.1, 0.15) is 46.9 Å². The van der Waals surface area contributed by atoms with Crippen LogP contribution in [0.2, 0.25) is 0 Å². The molecule has 1 saturated heterocycles. The van der Waals surface area contributed by atoms with Crippen molar-refractivity contribution in [2.75, 3.05) is 32.7 Å². The molecule has 2 heterocycles. The Morgan fingerprint density at radius 3 is 2.69 bits per heavy atom. The number of nitrogens with one attached hydrogen (secondary N) is 1. The summed E-state index contributed by atoms with van der Waals surface area (Å²) in [5.41, 5.74) is 0. The lowest BCUT2D eigenvalue weighted by molar-refractivity contribution is 0.223. The molecule has 0 spiro atoms. The second-order valence-electron chi connectivity index (χ2n) is 7.17. The van der Waals surface area contributed by atoms with Crippen molar-refractivity contribution in [2.45, 2.75) is 60.2 Å². The van der Waals surface area contributed by atoms with Crippen LogP contribution in [0.25, 0.3) is 0 Å². The summed E-state index contributed by atoms with van der Waals surface area (Å²) < 4.78 is 2.22. The number of likely N-dealkylation sites (tertiary alicyclic amines) is 1. The minimum Gasteiger partial charge on any atom is -0.357 e. The predicted molar refractivity (Wildman–Crippen MR) is 120 cm³/mol. The molecular weight excluding hydrogens is 439 g/mol. The van der Waals surface area contributed by atoms with Gasteiger partial charge in [0.2, 0.25) is 0 Å². The molecule has 1 unspecified atom stereocenters. The summed E-state index contributed by atoms with van der Waals surface area (Å²) in [6.07, 6.45) is 5.16. The number of aromatic nitrogens is 2. The molecule has 1 fully saturated rings. The molecule has 1 aliphatic heterocycles. The first-order valence-corrected chi connectivity index (χ1v) is 9.86. The van der Waals surface area contributed by atoms with Crippen molar-refractivity contribution in [3.63, 3.8) is 0 Å². The third-order valence-electron chi connectivity index (χ3n) is 4.86. The van der Waals surface area contributed by atoms with Gasteiger partial charge in [-0.25, -0.2) is 9.98 Å². The normalized spacial score (nSPS) is 17.9. The van der Waals surface area contributed by atoms with Gasteiger partial charge in [0.05, 0.1) is 0 Å². The fourth-order valence-corrected chi connectivity index (χ4v) is 3.59. The first-order chi connectivity index (χ1) is 12.1. The van der Waals surface area contributed by atoms with Gasteiger partial charge in [0.15, 0.2) is 5.96 Å². The third kappa shape index (κ3) is 6.40. The lowest BCUT2D eigenvalue weighted by Crippen LogP contribution is -2.43. The minimum absolute atomic E-state index is 0. The molecule has 2 rings (SSSR count). The minimum atomic E-state index is 0. The van der Waals surface area contributed by atoms with Crippen LogP contribution in [0, 0.1) is 5.92 Å². The molecule has 0 aliphatic carbocycles. The molecule has 0 amide bonds. The summed E-state index contributed by atoms with van der Waals surface area (Å²) in [5, 5.41) is 3.46. The van der Waals surface area contributed by atoms with Crippen molar-refractivity contribution in [1.29, 1.82) is 0 Å². The van der Waals surface area contributed by atoms with Gasteiger partial charge in [0, 0.05) is 44.6 Å². The van der Waals surface area contributed by atoms with E-state index < -0.39 is 0 Å². The van der Waals surface area contributed by atoms with Crippen molar-refractivity contribution < 1.29 is 0 Å². The number of guanidine groups is 1. The summed E-state index contributed by atoms with van der Waals surface area (Å²) in [4.78, 5) is 14.3. The molecule has 150 valence electrons. The van der Waals surface area contributed by atoms with Crippen molar-refractivity contribution in [3.8, 4) is 0 Å². The Hall–Kier alpha value is -0.830. The van der Waals surface area contributed by atoms with Gasteiger partial charge in [0.1, 0.15) is 12.4 Å². The van der Waals surface area contributed by atoms with Gasteiger partial charge < -0.3 is 14.8 Å². The average Bonchev–Trinajstić information content (AvgIpc) is 3.22. The van der Waals surface area contributed by atoms with Crippen LogP contribution < -0.4 is 5.32 Å². The maximum atomic E-state index is 4.88. The zero-order valence-electron chi connectivity index (χ0n) is 17.1. The molecule has 0 bridgehead atoms. The number of nitrogens with zero attached hydrogens (tertiary/aromatic N) is 5. The first kappa shape index (κ1) is 23.2. The Labute approximate surface area is 176 Å². The predicted octanol–water partition coefficient (Wildman–Crippen LogP) is 3.04. The zero-order valence-corrected chi connectivity index (χ0v) is 19.4. The molecule has 1 N–H and O–H groups in total. The molecule has 6 nitrogen and oxygen atoms in total. The largest absolute Gasteiger partial charge is 0.357 e. The van der Waals surface area contributed by atoms with Crippen molar-refractivity contribution >= 4 is 29.9 Å². The molecule has 1 aliphatic rings. The van der Waals surface area contributed by atoms with E-state index in [1.807, 2.05) is 6.20 Å². The smallest absolute Gasteiger partial charge is 0.194 e. The summed E-state index contributed by atoms with van der Waals surface area (Å²) in [7, 11) is 0. The summed E-state index contributed by atoms with van der Waals surface area (Å²) in [5.74, 6) is 2.68. The Kier molecular flexibility index (Phi) is 10.5. The lowest BCUT2D eigenvalue weighted by atomic mass is 10.2. The van der Waals surface area contributed by atoms with Crippen molar-refractivity contribution in [2.24, 2.45) is 10.9 Å². The Morgan fingerprint density at radius 1 is 1.35 bits per heavy atom. The number of likely N-dealkylation sites (N-methyl/N-ethyl adjacent to an activating group) is 1. The van der Waals surface area contributed by atoms with Crippen molar-refractivity contribution in [3.05, 3.63) is 18.2 Å². The number of imidazole rings is 1. The van der Waals surface area contributed by atoms with E-state index in [1.54, 1.807) is 0 Å². The Morgan fingerprint density at radius 2 is 2.08 bits per heavy atom. The summed E-state index contributed by atoms with van der Waals surface area (Å²) >= 11 is 0.